The molecule has 0 aromatic heterocycles. The van der Waals surface area contributed by atoms with Crippen molar-refractivity contribution in [2.75, 3.05) is 26.8 Å². The Balaban J connectivity index is 1.92. The maximum Gasteiger partial charge on any atom is 0.307 e. The number of rotatable bonds is 6. The van der Waals surface area contributed by atoms with E-state index in [1.165, 1.54) is 0 Å². The van der Waals surface area contributed by atoms with Crippen molar-refractivity contribution in [1.29, 1.82) is 0 Å². The van der Waals surface area contributed by atoms with Crippen LogP contribution in [0.1, 0.15) is 24.0 Å². The number of hydrogen-bond acceptors (Lipinski definition) is 3. The molecule has 1 aliphatic heterocycles. The Labute approximate surface area is 120 Å². The van der Waals surface area contributed by atoms with E-state index in [0.29, 0.717) is 5.92 Å². The third-order valence-corrected chi connectivity index (χ3v) is 3.81. The normalized spacial score (nSPS) is 16.5. The van der Waals surface area contributed by atoms with Crippen LogP contribution in [-0.4, -0.2) is 42.8 Å². The average molecular weight is 277 g/mol. The number of benzene rings is 1. The van der Waals surface area contributed by atoms with E-state index in [4.69, 9.17) is 9.84 Å². The summed E-state index contributed by atoms with van der Waals surface area (Å²) in [6.07, 6.45) is 2.35. The van der Waals surface area contributed by atoms with E-state index in [-0.39, 0.29) is 6.42 Å². The molecule has 0 unspecified atom stereocenters. The molecule has 0 atom stereocenters. The number of hydrogen-bond donors (Lipinski definition) is 1. The highest BCUT2D eigenvalue weighted by Gasteiger charge is 2.16. The molecule has 110 valence electrons. The van der Waals surface area contributed by atoms with Crippen molar-refractivity contribution in [2.24, 2.45) is 5.92 Å². The van der Waals surface area contributed by atoms with Gasteiger partial charge in [0.2, 0.25) is 0 Å². The summed E-state index contributed by atoms with van der Waals surface area (Å²) in [4.78, 5) is 13.2. The molecule has 0 aliphatic carbocycles. The first-order valence-electron chi connectivity index (χ1n) is 7.20. The minimum atomic E-state index is -0.774. The van der Waals surface area contributed by atoms with Crippen molar-refractivity contribution < 1.29 is 14.6 Å². The summed E-state index contributed by atoms with van der Waals surface area (Å²) in [5, 5.41) is 8.96. The Morgan fingerprint density at radius 1 is 1.30 bits per heavy atom. The van der Waals surface area contributed by atoms with Crippen LogP contribution in [0.3, 0.4) is 0 Å². The SMILES string of the molecule is CN(Cc1ccccc1CC(=O)O)CC1CCOCC1. The molecule has 20 heavy (non-hydrogen) atoms. The first kappa shape index (κ1) is 15.0. The van der Waals surface area contributed by atoms with Crippen molar-refractivity contribution in [3.63, 3.8) is 0 Å². The fraction of sp³-hybridized carbons (Fsp3) is 0.562. The second-order valence-electron chi connectivity index (χ2n) is 5.59. The monoisotopic (exact) mass is 277 g/mol. The Bertz CT molecular complexity index is 441. The molecule has 1 N–H and O–H groups in total. The molecule has 1 aromatic carbocycles. The van der Waals surface area contributed by atoms with E-state index in [1.54, 1.807) is 0 Å². The van der Waals surface area contributed by atoms with E-state index in [1.807, 2.05) is 24.3 Å². The summed E-state index contributed by atoms with van der Waals surface area (Å²) in [6, 6.07) is 7.81. The predicted octanol–water partition coefficient (Wildman–Crippen LogP) is 2.17. The minimum absolute atomic E-state index is 0.0985. The van der Waals surface area contributed by atoms with Crippen molar-refractivity contribution >= 4 is 5.97 Å². The van der Waals surface area contributed by atoms with Gasteiger partial charge < -0.3 is 14.7 Å². The van der Waals surface area contributed by atoms with Crippen LogP contribution < -0.4 is 0 Å². The quantitative estimate of drug-likeness (QED) is 0.866. The molecule has 2 rings (SSSR count). The lowest BCUT2D eigenvalue weighted by Crippen LogP contribution is -2.29. The van der Waals surface area contributed by atoms with Crippen LogP contribution in [-0.2, 0) is 22.5 Å². The number of carbonyl (C=O) groups is 1. The first-order valence-corrected chi connectivity index (χ1v) is 7.20. The highest BCUT2D eigenvalue weighted by molar-refractivity contribution is 5.70. The maximum absolute atomic E-state index is 10.9. The molecule has 1 heterocycles. The minimum Gasteiger partial charge on any atom is -0.481 e. The molecule has 4 heteroatoms. The fourth-order valence-electron chi connectivity index (χ4n) is 2.77. The Morgan fingerprint density at radius 3 is 2.60 bits per heavy atom. The summed E-state index contributed by atoms with van der Waals surface area (Å²) >= 11 is 0. The van der Waals surface area contributed by atoms with Gasteiger partial charge in [0.15, 0.2) is 0 Å². The van der Waals surface area contributed by atoms with Crippen LogP contribution >= 0.6 is 0 Å². The predicted molar refractivity (Wildman–Crippen MR) is 77.7 cm³/mol. The fourth-order valence-corrected chi connectivity index (χ4v) is 2.77. The summed E-state index contributed by atoms with van der Waals surface area (Å²) in [5.41, 5.74) is 2.03. The molecule has 4 nitrogen and oxygen atoms in total. The molecule has 0 bridgehead atoms. The second kappa shape index (κ2) is 7.41. The Kier molecular flexibility index (Phi) is 5.56. The lowest BCUT2D eigenvalue weighted by molar-refractivity contribution is -0.136. The topological polar surface area (TPSA) is 49.8 Å². The molecule has 1 saturated heterocycles. The molecule has 0 radical (unpaired) electrons. The van der Waals surface area contributed by atoms with Crippen molar-refractivity contribution in [1.82, 2.24) is 4.90 Å². The van der Waals surface area contributed by atoms with Crippen LogP contribution in [0.4, 0.5) is 0 Å². The van der Waals surface area contributed by atoms with E-state index < -0.39 is 5.97 Å². The molecule has 0 spiro atoms. The number of carboxylic acids is 1. The zero-order valence-corrected chi connectivity index (χ0v) is 12.0. The average Bonchev–Trinajstić information content (AvgIpc) is 2.41. The van der Waals surface area contributed by atoms with Crippen LogP contribution in [0.2, 0.25) is 0 Å². The third-order valence-electron chi connectivity index (χ3n) is 3.81. The van der Waals surface area contributed by atoms with Crippen molar-refractivity contribution in [3.8, 4) is 0 Å². The number of nitrogens with zero attached hydrogens (tertiary/aromatic N) is 1. The third kappa shape index (κ3) is 4.62. The van der Waals surface area contributed by atoms with Gasteiger partial charge in [-0.15, -0.1) is 0 Å². The summed E-state index contributed by atoms with van der Waals surface area (Å²) in [7, 11) is 2.10. The Morgan fingerprint density at radius 2 is 1.95 bits per heavy atom. The summed E-state index contributed by atoms with van der Waals surface area (Å²) in [5.74, 6) is -0.0788. The molecule has 0 saturated carbocycles. The summed E-state index contributed by atoms with van der Waals surface area (Å²) in [6.45, 7) is 3.59. The van der Waals surface area contributed by atoms with Crippen molar-refractivity contribution in [3.05, 3.63) is 35.4 Å². The summed E-state index contributed by atoms with van der Waals surface area (Å²) < 4.78 is 5.38. The molecular weight excluding hydrogens is 254 g/mol. The van der Waals surface area contributed by atoms with E-state index in [2.05, 4.69) is 11.9 Å². The lowest BCUT2D eigenvalue weighted by atomic mass is 9.99. The smallest absolute Gasteiger partial charge is 0.307 e. The van der Waals surface area contributed by atoms with Crippen LogP contribution in [0.25, 0.3) is 0 Å². The first-order chi connectivity index (χ1) is 9.65. The Hall–Kier alpha value is -1.39. The highest BCUT2D eigenvalue weighted by Crippen LogP contribution is 2.18. The standard InChI is InChI=1S/C16H23NO3/c1-17(11-13-6-8-20-9-7-13)12-15-5-3-2-4-14(15)10-16(18)19/h2-5,13H,6-12H2,1H3,(H,18,19). The zero-order chi connectivity index (χ0) is 14.4. The lowest BCUT2D eigenvalue weighted by Gasteiger charge is -2.27. The van der Waals surface area contributed by atoms with Gasteiger partial charge in [-0.25, -0.2) is 0 Å². The van der Waals surface area contributed by atoms with Gasteiger partial charge in [-0.3, -0.25) is 4.79 Å². The van der Waals surface area contributed by atoms with Crippen LogP contribution in [0.5, 0.6) is 0 Å². The van der Waals surface area contributed by atoms with Gasteiger partial charge in [0.1, 0.15) is 0 Å². The van der Waals surface area contributed by atoms with Gasteiger partial charge in [0.25, 0.3) is 0 Å². The van der Waals surface area contributed by atoms with Gasteiger partial charge in [0, 0.05) is 26.3 Å². The molecule has 0 amide bonds. The van der Waals surface area contributed by atoms with E-state index in [9.17, 15) is 4.79 Å². The van der Waals surface area contributed by atoms with Gasteiger partial charge in [-0.2, -0.15) is 0 Å². The second-order valence-corrected chi connectivity index (χ2v) is 5.59. The van der Waals surface area contributed by atoms with Gasteiger partial charge >= 0.3 is 5.97 Å². The molecular formula is C16H23NO3. The maximum atomic E-state index is 10.9. The van der Waals surface area contributed by atoms with Gasteiger partial charge in [-0.1, -0.05) is 24.3 Å². The highest BCUT2D eigenvalue weighted by atomic mass is 16.5. The molecule has 1 fully saturated rings. The number of ether oxygens (including phenoxy) is 1. The molecule has 1 aliphatic rings. The van der Waals surface area contributed by atoms with Crippen molar-refractivity contribution in [2.45, 2.75) is 25.8 Å². The van der Waals surface area contributed by atoms with Crippen LogP contribution in [0.15, 0.2) is 24.3 Å². The van der Waals surface area contributed by atoms with Gasteiger partial charge in [-0.05, 0) is 36.9 Å². The van der Waals surface area contributed by atoms with Gasteiger partial charge in [0.05, 0.1) is 6.42 Å². The van der Waals surface area contributed by atoms with E-state index >= 15 is 0 Å². The van der Waals surface area contributed by atoms with E-state index in [0.717, 1.165) is 50.3 Å². The molecule has 1 aromatic rings. The number of aliphatic carboxylic acids is 1. The zero-order valence-electron chi connectivity index (χ0n) is 12.0. The number of carboxylic acid groups (broad SMARTS) is 1. The van der Waals surface area contributed by atoms with Crippen LogP contribution in [0, 0.1) is 5.92 Å². The largest absolute Gasteiger partial charge is 0.481 e.